The van der Waals surface area contributed by atoms with Gasteiger partial charge >= 0.3 is 0 Å². The zero-order valence-corrected chi connectivity index (χ0v) is 7.47. The molecule has 0 spiro atoms. The highest BCUT2D eigenvalue weighted by atomic mass is 35.5. The van der Waals surface area contributed by atoms with E-state index in [1.54, 1.807) is 6.07 Å². The highest BCUT2D eigenvalue weighted by Gasteiger charge is 2.23. The smallest absolute Gasteiger partial charge is 0.257 e. The summed E-state index contributed by atoms with van der Waals surface area (Å²) >= 11 is 5.79. The number of ether oxygens (including phenoxy) is 2. The van der Waals surface area contributed by atoms with Crippen molar-refractivity contribution in [2.45, 2.75) is 0 Å². The first-order valence-corrected chi connectivity index (χ1v) is 4.23. The summed E-state index contributed by atoms with van der Waals surface area (Å²) in [6, 6.07) is 4.09. The molecule has 1 fully saturated rings. The van der Waals surface area contributed by atoms with Crippen molar-refractivity contribution in [2.75, 3.05) is 13.2 Å². The number of hydrogen-bond acceptors (Lipinski definition) is 2. The van der Waals surface area contributed by atoms with E-state index in [0.717, 1.165) is 0 Å². The fourth-order valence-corrected chi connectivity index (χ4v) is 1.37. The largest absolute Gasteiger partial charge is 0.339 e. The Bertz CT molecular complexity index is 310. The Morgan fingerprint density at radius 2 is 1.92 bits per heavy atom. The summed E-state index contributed by atoms with van der Waals surface area (Å²) in [6.45, 7) is 1.03. The predicted octanol–water partition coefficient (Wildman–Crippen LogP) is 2.36. The minimum atomic E-state index is -0.368. The van der Waals surface area contributed by atoms with Crippen LogP contribution in [0.3, 0.4) is 0 Å². The van der Waals surface area contributed by atoms with Gasteiger partial charge in [-0.15, -0.1) is 0 Å². The van der Waals surface area contributed by atoms with Gasteiger partial charge in [0.25, 0.3) is 6.29 Å². The minimum absolute atomic E-state index is 0.303. The second-order valence-electron chi connectivity index (χ2n) is 2.61. The average molecular weight is 202 g/mol. The molecular weight excluding hydrogens is 195 g/mol. The molecule has 0 aromatic heterocycles. The van der Waals surface area contributed by atoms with Crippen LogP contribution in [-0.4, -0.2) is 13.2 Å². The predicted molar refractivity (Wildman–Crippen MR) is 45.7 cm³/mol. The van der Waals surface area contributed by atoms with Crippen LogP contribution in [0.25, 0.3) is 0 Å². The Balaban J connectivity index is 2.29. The van der Waals surface area contributed by atoms with E-state index >= 15 is 0 Å². The minimum Gasteiger partial charge on any atom is -0.339 e. The Hall–Kier alpha value is -0.640. The quantitative estimate of drug-likeness (QED) is 0.695. The van der Waals surface area contributed by atoms with Crippen LogP contribution < -0.4 is 0 Å². The first-order chi connectivity index (χ1) is 6.27. The first kappa shape index (κ1) is 8.94. The van der Waals surface area contributed by atoms with Crippen LogP contribution in [0.1, 0.15) is 5.56 Å². The molecule has 1 aliphatic rings. The van der Waals surface area contributed by atoms with E-state index in [2.05, 4.69) is 0 Å². The van der Waals surface area contributed by atoms with E-state index in [1.807, 2.05) is 0 Å². The standard InChI is InChI=1S/C9H7ClFO2/c10-8-5-6(11)1-2-7(8)9-12-3-4-13-9/h1-2,5H,3-4H2. The second kappa shape index (κ2) is 3.62. The van der Waals surface area contributed by atoms with Gasteiger partial charge in [0.05, 0.1) is 18.2 Å². The molecule has 0 amide bonds. The highest BCUT2D eigenvalue weighted by Crippen LogP contribution is 2.28. The summed E-state index contributed by atoms with van der Waals surface area (Å²) in [7, 11) is 0. The van der Waals surface area contributed by atoms with E-state index in [-0.39, 0.29) is 5.82 Å². The van der Waals surface area contributed by atoms with Crippen LogP contribution >= 0.6 is 11.6 Å². The van der Waals surface area contributed by atoms with E-state index in [9.17, 15) is 4.39 Å². The maximum atomic E-state index is 12.7. The molecule has 1 aliphatic heterocycles. The summed E-state index contributed by atoms with van der Waals surface area (Å²) in [4.78, 5) is 0. The van der Waals surface area contributed by atoms with Crippen molar-refractivity contribution >= 4 is 11.6 Å². The number of hydrogen-bond donors (Lipinski definition) is 0. The van der Waals surface area contributed by atoms with Gasteiger partial charge in [0.15, 0.2) is 0 Å². The average Bonchev–Trinajstić information content (AvgIpc) is 2.56. The SMILES string of the molecule is Fc1ccc([C]2OCCO2)c(Cl)c1. The third-order valence-corrected chi connectivity index (χ3v) is 2.01. The summed E-state index contributed by atoms with van der Waals surface area (Å²) in [5, 5.41) is 0.303. The van der Waals surface area contributed by atoms with Gasteiger partial charge in [-0.1, -0.05) is 11.6 Å². The van der Waals surface area contributed by atoms with Crippen molar-refractivity contribution < 1.29 is 13.9 Å². The van der Waals surface area contributed by atoms with E-state index in [4.69, 9.17) is 21.1 Å². The molecule has 0 saturated carbocycles. The normalized spacial score (nSPS) is 18.0. The van der Waals surface area contributed by atoms with Crippen molar-refractivity contribution in [1.29, 1.82) is 0 Å². The maximum absolute atomic E-state index is 12.7. The van der Waals surface area contributed by atoms with Crippen molar-refractivity contribution in [3.8, 4) is 0 Å². The third-order valence-electron chi connectivity index (χ3n) is 1.70. The molecule has 0 aliphatic carbocycles. The summed E-state index contributed by atoms with van der Waals surface area (Å²) in [5.74, 6) is -0.368. The van der Waals surface area contributed by atoms with Crippen molar-refractivity contribution in [3.05, 3.63) is 40.9 Å². The van der Waals surface area contributed by atoms with Crippen LogP contribution in [0.5, 0.6) is 0 Å². The zero-order valence-electron chi connectivity index (χ0n) is 6.72. The molecule has 0 bridgehead atoms. The van der Waals surface area contributed by atoms with Gasteiger partial charge in [0.2, 0.25) is 0 Å². The first-order valence-electron chi connectivity index (χ1n) is 3.85. The lowest BCUT2D eigenvalue weighted by molar-refractivity contribution is 0.0997. The molecule has 2 rings (SSSR count). The van der Waals surface area contributed by atoms with Crippen molar-refractivity contribution in [3.63, 3.8) is 0 Å². The summed E-state index contributed by atoms with van der Waals surface area (Å²) in [5.41, 5.74) is 0.598. The highest BCUT2D eigenvalue weighted by molar-refractivity contribution is 6.31. The molecule has 13 heavy (non-hydrogen) atoms. The molecule has 1 saturated heterocycles. The molecule has 0 unspecified atom stereocenters. The fourth-order valence-electron chi connectivity index (χ4n) is 1.12. The Kier molecular flexibility index (Phi) is 2.49. The van der Waals surface area contributed by atoms with Crippen molar-refractivity contribution in [2.24, 2.45) is 0 Å². The maximum Gasteiger partial charge on any atom is 0.257 e. The van der Waals surface area contributed by atoms with Gasteiger partial charge in [0, 0.05) is 5.56 Å². The molecule has 69 valence electrons. The van der Waals surface area contributed by atoms with Crippen LogP contribution in [-0.2, 0) is 9.47 Å². The molecule has 1 heterocycles. The molecule has 1 radical (unpaired) electrons. The summed E-state index contributed by atoms with van der Waals surface area (Å²) < 4.78 is 23.0. The van der Waals surface area contributed by atoms with Gasteiger partial charge in [-0.2, -0.15) is 0 Å². The van der Waals surface area contributed by atoms with Gasteiger partial charge in [-0.05, 0) is 18.2 Å². The van der Waals surface area contributed by atoms with Crippen LogP contribution in [0.2, 0.25) is 5.02 Å². The van der Waals surface area contributed by atoms with Gasteiger partial charge in [-0.25, -0.2) is 4.39 Å². The van der Waals surface area contributed by atoms with Gasteiger partial charge < -0.3 is 9.47 Å². The number of rotatable bonds is 1. The molecule has 2 nitrogen and oxygen atoms in total. The topological polar surface area (TPSA) is 18.5 Å². The summed E-state index contributed by atoms with van der Waals surface area (Å²) in [6.07, 6.45) is 0.380. The molecule has 4 heteroatoms. The molecule has 0 N–H and O–H groups in total. The number of halogens is 2. The lowest BCUT2D eigenvalue weighted by atomic mass is 10.2. The lowest BCUT2D eigenvalue weighted by Gasteiger charge is -2.08. The van der Waals surface area contributed by atoms with E-state index in [1.165, 1.54) is 12.1 Å². The Labute approximate surface area is 80.2 Å². The van der Waals surface area contributed by atoms with Gasteiger partial charge in [-0.3, -0.25) is 0 Å². The monoisotopic (exact) mass is 201 g/mol. The van der Waals surface area contributed by atoms with Crippen molar-refractivity contribution in [1.82, 2.24) is 0 Å². The van der Waals surface area contributed by atoms with Gasteiger partial charge in [0.1, 0.15) is 5.82 Å². The second-order valence-corrected chi connectivity index (χ2v) is 3.02. The molecule has 1 aromatic carbocycles. The zero-order chi connectivity index (χ0) is 9.26. The number of benzene rings is 1. The van der Waals surface area contributed by atoms with E-state index in [0.29, 0.717) is 30.1 Å². The van der Waals surface area contributed by atoms with E-state index < -0.39 is 0 Å². The third kappa shape index (κ3) is 1.82. The lowest BCUT2D eigenvalue weighted by Crippen LogP contribution is -2.00. The Morgan fingerprint density at radius 3 is 2.54 bits per heavy atom. The fraction of sp³-hybridized carbons (Fsp3) is 0.222. The van der Waals surface area contributed by atoms with Crippen LogP contribution in [0, 0.1) is 12.1 Å². The van der Waals surface area contributed by atoms with Crippen LogP contribution in [0.15, 0.2) is 18.2 Å². The Morgan fingerprint density at radius 1 is 1.23 bits per heavy atom. The van der Waals surface area contributed by atoms with Crippen LogP contribution in [0.4, 0.5) is 4.39 Å². The molecule has 0 atom stereocenters. The molecule has 1 aromatic rings. The molecular formula is C9H7ClFO2.